The fraction of sp³-hybridized carbons (Fsp3) is 0.762. The second kappa shape index (κ2) is 8.24. The van der Waals surface area contributed by atoms with Gasteiger partial charge in [0.25, 0.3) is 0 Å². The van der Waals surface area contributed by atoms with Crippen LogP contribution in [0, 0.1) is 11.8 Å². The van der Waals surface area contributed by atoms with Crippen molar-refractivity contribution >= 4 is 0 Å². The number of ether oxygens (including phenoxy) is 3. The summed E-state index contributed by atoms with van der Waals surface area (Å²) in [5, 5.41) is 0. The minimum atomic E-state index is 0.0957. The van der Waals surface area contributed by atoms with E-state index in [-0.39, 0.29) is 5.60 Å². The Morgan fingerprint density at radius 3 is 2.88 bits per heavy atom. The van der Waals surface area contributed by atoms with E-state index in [1.807, 2.05) is 6.07 Å². The Morgan fingerprint density at radius 1 is 1.27 bits per heavy atom. The molecule has 5 nitrogen and oxygen atoms in total. The summed E-state index contributed by atoms with van der Waals surface area (Å²) in [6.45, 7) is 5.87. The number of rotatable bonds is 8. The maximum Gasteiger partial charge on any atom is 0.217 e. The lowest BCUT2D eigenvalue weighted by Crippen LogP contribution is -2.47. The van der Waals surface area contributed by atoms with Gasteiger partial charge in [-0.3, -0.25) is 4.90 Å². The molecule has 0 N–H and O–H groups in total. The minimum absolute atomic E-state index is 0.0957. The molecule has 0 bridgehead atoms. The first-order chi connectivity index (χ1) is 12.8. The molecule has 144 valence electrons. The van der Waals surface area contributed by atoms with E-state index in [0.717, 1.165) is 70.5 Å². The average molecular weight is 360 g/mol. The summed E-state index contributed by atoms with van der Waals surface area (Å²) in [5.41, 5.74) is 1.27. The van der Waals surface area contributed by atoms with E-state index in [1.54, 1.807) is 13.3 Å². The Hall–Kier alpha value is -1.17. The Labute approximate surface area is 157 Å². The zero-order chi connectivity index (χ0) is 17.8. The van der Waals surface area contributed by atoms with Gasteiger partial charge < -0.3 is 14.2 Å². The smallest absolute Gasteiger partial charge is 0.217 e. The van der Waals surface area contributed by atoms with Crippen molar-refractivity contribution in [2.45, 2.75) is 50.7 Å². The van der Waals surface area contributed by atoms with Crippen molar-refractivity contribution in [3.63, 3.8) is 0 Å². The van der Waals surface area contributed by atoms with Crippen LogP contribution < -0.4 is 4.74 Å². The molecule has 26 heavy (non-hydrogen) atoms. The van der Waals surface area contributed by atoms with Gasteiger partial charge in [-0.25, -0.2) is 4.98 Å². The zero-order valence-electron chi connectivity index (χ0n) is 16.0. The second-order valence-electron chi connectivity index (χ2n) is 8.15. The van der Waals surface area contributed by atoms with Crippen LogP contribution in [0.1, 0.15) is 44.1 Å². The highest BCUT2D eigenvalue weighted by atomic mass is 16.5. The van der Waals surface area contributed by atoms with Crippen LogP contribution in [0.3, 0.4) is 0 Å². The van der Waals surface area contributed by atoms with Gasteiger partial charge in [0.05, 0.1) is 12.7 Å². The van der Waals surface area contributed by atoms with Gasteiger partial charge in [-0.15, -0.1) is 0 Å². The number of hydrogen-bond acceptors (Lipinski definition) is 5. The van der Waals surface area contributed by atoms with Crippen LogP contribution in [-0.4, -0.2) is 55.5 Å². The quantitative estimate of drug-likeness (QED) is 0.666. The lowest BCUT2D eigenvalue weighted by atomic mass is 9.78. The predicted octanol–water partition coefficient (Wildman–Crippen LogP) is 3.28. The molecule has 0 radical (unpaired) electrons. The van der Waals surface area contributed by atoms with Gasteiger partial charge in [-0.1, -0.05) is 6.07 Å². The third-order valence-corrected chi connectivity index (χ3v) is 6.40. The molecule has 1 spiro atoms. The van der Waals surface area contributed by atoms with Crippen molar-refractivity contribution in [1.29, 1.82) is 0 Å². The van der Waals surface area contributed by atoms with Crippen molar-refractivity contribution in [1.82, 2.24) is 9.88 Å². The number of hydrogen-bond donors (Lipinski definition) is 0. The largest absolute Gasteiger partial charge is 0.481 e. The van der Waals surface area contributed by atoms with Crippen LogP contribution in [-0.2, 0) is 16.0 Å². The fourth-order valence-electron chi connectivity index (χ4n) is 4.56. The summed E-state index contributed by atoms with van der Waals surface area (Å²) in [6, 6.07) is 4.10. The van der Waals surface area contributed by atoms with E-state index in [1.165, 1.54) is 24.8 Å². The third-order valence-electron chi connectivity index (χ3n) is 6.40. The molecule has 2 saturated heterocycles. The van der Waals surface area contributed by atoms with E-state index in [4.69, 9.17) is 14.2 Å². The summed E-state index contributed by atoms with van der Waals surface area (Å²) in [4.78, 5) is 6.82. The van der Waals surface area contributed by atoms with Crippen LogP contribution >= 0.6 is 0 Å². The van der Waals surface area contributed by atoms with Gasteiger partial charge in [0.15, 0.2) is 0 Å². The molecule has 4 rings (SSSR count). The number of aromatic nitrogens is 1. The average Bonchev–Trinajstić information content (AvgIpc) is 3.43. The molecule has 1 aromatic heterocycles. The number of piperidine rings is 1. The van der Waals surface area contributed by atoms with E-state index in [2.05, 4.69) is 16.0 Å². The summed E-state index contributed by atoms with van der Waals surface area (Å²) in [6.07, 6.45) is 9.13. The molecule has 3 fully saturated rings. The highest BCUT2D eigenvalue weighted by Gasteiger charge is 2.45. The molecule has 0 amide bonds. The van der Waals surface area contributed by atoms with Crippen molar-refractivity contribution in [2.75, 3.05) is 40.0 Å². The summed E-state index contributed by atoms with van der Waals surface area (Å²) >= 11 is 0. The first kappa shape index (κ1) is 18.2. The Morgan fingerprint density at radius 2 is 2.12 bits per heavy atom. The van der Waals surface area contributed by atoms with Crippen molar-refractivity contribution in [3.8, 4) is 5.88 Å². The normalized spacial score (nSPS) is 25.7. The maximum absolute atomic E-state index is 6.31. The van der Waals surface area contributed by atoms with Crippen molar-refractivity contribution in [3.05, 3.63) is 23.9 Å². The van der Waals surface area contributed by atoms with Crippen LogP contribution in [0.25, 0.3) is 0 Å². The van der Waals surface area contributed by atoms with Gasteiger partial charge in [0.2, 0.25) is 5.88 Å². The summed E-state index contributed by atoms with van der Waals surface area (Å²) in [7, 11) is 1.69. The Balaban J connectivity index is 1.27. The van der Waals surface area contributed by atoms with E-state index in [0.29, 0.717) is 5.92 Å². The molecule has 0 unspecified atom stereocenters. The molecule has 1 atom stereocenters. The first-order valence-electron chi connectivity index (χ1n) is 10.2. The molecule has 1 aromatic rings. The molecule has 0 aromatic carbocycles. The number of nitrogens with zero attached hydrogens (tertiary/aromatic N) is 2. The number of likely N-dealkylation sites (tertiary alicyclic amines) is 1. The molecule has 1 aliphatic carbocycles. The van der Waals surface area contributed by atoms with Crippen molar-refractivity contribution < 1.29 is 14.2 Å². The lowest BCUT2D eigenvalue weighted by molar-refractivity contribution is -0.0732. The fourth-order valence-corrected chi connectivity index (χ4v) is 4.56. The molecular formula is C21H32N2O3. The van der Waals surface area contributed by atoms with Gasteiger partial charge >= 0.3 is 0 Å². The van der Waals surface area contributed by atoms with Crippen molar-refractivity contribution in [2.24, 2.45) is 11.8 Å². The monoisotopic (exact) mass is 360 g/mol. The molecular weight excluding hydrogens is 328 g/mol. The number of methoxy groups -OCH3 is 1. The van der Waals surface area contributed by atoms with Crippen LogP contribution in [0.4, 0.5) is 0 Å². The van der Waals surface area contributed by atoms with Gasteiger partial charge in [-0.05, 0) is 56.4 Å². The summed E-state index contributed by atoms with van der Waals surface area (Å²) < 4.78 is 17.6. The predicted molar refractivity (Wildman–Crippen MR) is 100 cm³/mol. The topological polar surface area (TPSA) is 43.8 Å². The molecule has 3 aliphatic rings. The highest BCUT2D eigenvalue weighted by molar-refractivity contribution is 5.25. The van der Waals surface area contributed by atoms with Gasteiger partial charge in [0, 0.05) is 51.2 Å². The maximum atomic E-state index is 6.31. The Kier molecular flexibility index (Phi) is 5.77. The molecule has 3 heterocycles. The molecule has 1 saturated carbocycles. The Bertz CT molecular complexity index is 582. The summed E-state index contributed by atoms with van der Waals surface area (Å²) in [5.74, 6) is 2.27. The van der Waals surface area contributed by atoms with Crippen LogP contribution in [0.15, 0.2) is 18.3 Å². The third kappa shape index (κ3) is 4.21. The van der Waals surface area contributed by atoms with Crippen LogP contribution in [0.2, 0.25) is 0 Å². The SMILES string of the molecule is COc1ncccc1CN1CCC2(CC1)OCC[C@H]2CCOCC1CC1. The van der Waals surface area contributed by atoms with E-state index in [9.17, 15) is 0 Å². The first-order valence-corrected chi connectivity index (χ1v) is 10.2. The van der Waals surface area contributed by atoms with Gasteiger partial charge in [0.1, 0.15) is 0 Å². The van der Waals surface area contributed by atoms with Gasteiger partial charge in [-0.2, -0.15) is 0 Å². The lowest BCUT2D eigenvalue weighted by Gasteiger charge is -2.42. The standard InChI is InChI=1S/C21H32N2O3/c1-24-20-18(3-2-10-22-20)15-23-11-8-21(9-12-23)19(7-14-26-21)6-13-25-16-17-4-5-17/h2-3,10,17,19H,4-9,11-16H2,1H3/t19-/m1/s1. The molecule has 2 aliphatic heterocycles. The second-order valence-corrected chi connectivity index (χ2v) is 8.15. The number of pyridine rings is 1. The van der Waals surface area contributed by atoms with Crippen LogP contribution in [0.5, 0.6) is 5.88 Å². The minimum Gasteiger partial charge on any atom is -0.481 e. The van der Waals surface area contributed by atoms with E-state index >= 15 is 0 Å². The highest BCUT2D eigenvalue weighted by Crippen LogP contribution is 2.42. The molecule has 5 heteroatoms. The zero-order valence-corrected chi connectivity index (χ0v) is 16.0. The van der Waals surface area contributed by atoms with E-state index < -0.39 is 0 Å².